The third kappa shape index (κ3) is 5.54. The first kappa shape index (κ1) is 26.9. The molecule has 2 aliphatic rings. The summed E-state index contributed by atoms with van der Waals surface area (Å²) < 4.78 is 2.17. The zero-order valence-electron chi connectivity index (χ0n) is 22.1. The number of thiocarbonyl (C=S) groups is 1. The number of thioether (sulfide) groups is 1. The fourth-order valence-corrected chi connectivity index (χ4v) is 6.72. The molecule has 0 bridgehead atoms. The standard InChI is InChI=1S/C28H38N4O2S2/c1-6-8-11-21(7-2)17-32-27(34)23(36-28(32)35)14-22-25(30-15-18(3)13-19(4)16-30)29-24-20(5)10-9-12-31(24)26(22)33/h9-10,12,14,18-19,21H,6-8,11,13,15-17H2,1-5H3. The first-order valence-electron chi connectivity index (χ1n) is 13.3. The van der Waals surface area contributed by atoms with Crippen molar-refractivity contribution in [3.05, 3.63) is 44.7 Å². The average Bonchev–Trinajstić information content (AvgIpc) is 3.10. The van der Waals surface area contributed by atoms with Crippen LogP contribution in [0.5, 0.6) is 0 Å². The molecule has 194 valence electrons. The Kier molecular flexibility index (Phi) is 8.56. The molecule has 3 atom stereocenters. The molecule has 0 saturated carbocycles. The number of hydrogen-bond donors (Lipinski definition) is 0. The highest BCUT2D eigenvalue weighted by molar-refractivity contribution is 8.26. The van der Waals surface area contributed by atoms with Gasteiger partial charge in [-0.05, 0) is 55.2 Å². The van der Waals surface area contributed by atoms with Crippen LogP contribution in [0.4, 0.5) is 5.82 Å². The number of carbonyl (C=O) groups is 1. The van der Waals surface area contributed by atoms with Gasteiger partial charge in [-0.15, -0.1) is 0 Å². The summed E-state index contributed by atoms with van der Waals surface area (Å²) in [4.78, 5) is 36.7. The lowest BCUT2D eigenvalue weighted by Crippen LogP contribution is -2.40. The summed E-state index contributed by atoms with van der Waals surface area (Å²) in [6.45, 7) is 13.1. The summed E-state index contributed by atoms with van der Waals surface area (Å²) in [5.41, 5.74) is 1.93. The molecule has 2 aromatic rings. The zero-order chi connectivity index (χ0) is 26.0. The van der Waals surface area contributed by atoms with E-state index in [0.29, 0.717) is 50.6 Å². The number of unbranched alkanes of at least 4 members (excludes halogenated alkanes) is 1. The van der Waals surface area contributed by atoms with Gasteiger partial charge in [0.25, 0.3) is 11.5 Å². The summed E-state index contributed by atoms with van der Waals surface area (Å²) in [5.74, 6) is 2.01. The number of piperidine rings is 1. The lowest BCUT2D eigenvalue weighted by molar-refractivity contribution is -0.122. The van der Waals surface area contributed by atoms with E-state index < -0.39 is 0 Å². The van der Waals surface area contributed by atoms with Crippen molar-refractivity contribution in [2.45, 2.75) is 66.7 Å². The van der Waals surface area contributed by atoms with Crippen molar-refractivity contribution in [1.82, 2.24) is 14.3 Å². The van der Waals surface area contributed by atoms with Gasteiger partial charge < -0.3 is 4.90 Å². The van der Waals surface area contributed by atoms with Crippen molar-refractivity contribution in [3.8, 4) is 0 Å². The first-order valence-corrected chi connectivity index (χ1v) is 14.5. The summed E-state index contributed by atoms with van der Waals surface area (Å²) in [7, 11) is 0. The monoisotopic (exact) mass is 526 g/mol. The number of carbonyl (C=O) groups excluding carboxylic acids is 1. The van der Waals surface area contributed by atoms with Crippen LogP contribution in [0, 0.1) is 24.7 Å². The van der Waals surface area contributed by atoms with Crippen LogP contribution >= 0.6 is 24.0 Å². The molecule has 0 N–H and O–H groups in total. The predicted molar refractivity (Wildman–Crippen MR) is 155 cm³/mol. The summed E-state index contributed by atoms with van der Waals surface area (Å²) in [6, 6.07) is 3.83. The van der Waals surface area contributed by atoms with Crippen molar-refractivity contribution in [2.75, 3.05) is 24.5 Å². The van der Waals surface area contributed by atoms with Gasteiger partial charge in [-0.25, -0.2) is 4.98 Å². The number of fused-ring (bicyclic) bond motifs is 1. The summed E-state index contributed by atoms with van der Waals surface area (Å²) in [6.07, 6.45) is 9.06. The van der Waals surface area contributed by atoms with Gasteiger partial charge in [-0.1, -0.05) is 77.0 Å². The van der Waals surface area contributed by atoms with E-state index in [-0.39, 0.29) is 11.5 Å². The van der Waals surface area contributed by atoms with Gasteiger partial charge in [-0.3, -0.25) is 18.9 Å². The van der Waals surface area contributed by atoms with E-state index in [1.54, 1.807) is 21.6 Å². The molecular weight excluding hydrogens is 488 g/mol. The van der Waals surface area contributed by atoms with Crippen LogP contribution < -0.4 is 10.5 Å². The molecule has 2 fully saturated rings. The highest BCUT2D eigenvalue weighted by Gasteiger charge is 2.34. The molecule has 4 heterocycles. The highest BCUT2D eigenvalue weighted by Crippen LogP contribution is 2.35. The molecule has 2 saturated heterocycles. The number of anilines is 1. The van der Waals surface area contributed by atoms with Crippen molar-refractivity contribution in [1.29, 1.82) is 0 Å². The van der Waals surface area contributed by atoms with Crippen LogP contribution in [0.1, 0.15) is 70.9 Å². The molecule has 6 nitrogen and oxygen atoms in total. The van der Waals surface area contributed by atoms with Crippen molar-refractivity contribution in [3.63, 3.8) is 0 Å². The maximum Gasteiger partial charge on any atom is 0.267 e. The number of hydrogen-bond acceptors (Lipinski definition) is 6. The molecule has 8 heteroatoms. The van der Waals surface area contributed by atoms with Crippen molar-refractivity contribution in [2.24, 2.45) is 17.8 Å². The van der Waals surface area contributed by atoms with Crippen LogP contribution in [-0.2, 0) is 4.79 Å². The van der Waals surface area contributed by atoms with Gasteiger partial charge in [-0.2, -0.15) is 0 Å². The minimum atomic E-state index is -0.149. The van der Waals surface area contributed by atoms with Gasteiger partial charge in [0.2, 0.25) is 0 Å². The van der Waals surface area contributed by atoms with E-state index in [1.807, 2.05) is 19.1 Å². The number of nitrogens with zero attached hydrogens (tertiary/aromatic N) is 4. The number of pyridine rings is 1. The molecule has 0 radical (unpaired) electrons. The molecule has 0 spiro atoms. The van der Waals surface area contributed by atoms with Crippen LogP contribution in [-0.4, -0.2) is 44.1 Å². The maximum atomic E-state index is 13.8. The van der Waals surface area contributed by atoms with Crippen molar-refractivity contribution >= 4 is 51.7 Å². The fraction of sp³-hybridized carbons (Fsp3) is 0.571. The Morgan fingerprint density at radius 1 is 1.22 bits per heavy atom. The van der Waals surface area contributed by atoms with E-state index in [0.717, 1.165) is 50.8 Å². The zero-order valence-corrected chi connectivity index (χ0v) is 23.8. The number of aromatic nitrogens is 2. The average molecular weight is 527 g/mol. The maximum absolute atomic E-state index is 13.8. The Morgan fingerprint density at radius 3 is 2.61 bits per heavy atom. The smallest absolute Gasteiger partial charge is 0.267 e. The third-order valence-electron chi connectivity index (χ3n) is 7.37. The van der Waals surface area contributed by atoms with Crippen LogP contribution in [0.15, 0.2) is 28.0 Å². The molecule has 4 rings (SSSR count). The lowest BCUT2D eigenvalue weighted by atomic mass is 9.91. The first-order chi connectivity index (χ1) is 17.2. The van der Waals surface area contributed by atoms with Gasteiger partial charge in [0.1, 0.15) is 15.8 Å². The Hall–Kier alpha value is -2.19. The molecular formula is C28H38N4O2S2. The van der Waals surface area contributed by atoms with Crippen LogP contribution in [0.2, 0.25) is 0 Å². The van der Waals surface area contributed by atoms with Gasteiger partial charge in [0.15, 0.2) is 0 Å². The number of aryl methyl sites for hydroxylation is 1. The normalized spacial score (nSPS) is 22.8. The van der Waals surface area contributed by atoms with E-state index in [9.17, 15) is 9.59 Å². The molecule has 36 heavy (non-hydrogen) atoms. The second-order valence-corrected chi connectivity index (χ2v) is 12.3. The Labute approximate surface area is 224 Å². The topological polar surface area (TPSA) is 57.9 Å². The molecule has 1 amide bonds. The van der Waals surface area contributed by atoms with E-state index in [2.05, 4.69) is 32.6 Å². The third-order valence-corrected chi connectivity index (χ3v) is 8.74. The van der Waals surface area contributed by atoms with Crippen molar-refractivity contribution < 1.29 is 4.79 Å². The summed E-state index contributed by atoms with van der Waals surface area (Å²) in [5, 5.41) is 0. The Morgan fingerprint density at radius 2 is 1.94 bits per heavy atom. The number of rotatable bonds is 8. The van der Waals surface area contributed by atoms with Gasteiger partial charge >= 0.3 is 0 Å². The van der Waals surface area contributed by atoms with Gasteiger partial charge in [0, 0.05) is 25.8 Å². The quantitative estimate of drug-likeness (QED) is 0.315. The van der Waals surface area contributed by atoms with Crippen LogP contribution in [0.25, 0.3) is 11.7 Å². The second-order valence-electron chi connectivity index (χ2n) is 10.6. The van der Waals surface area contributed by atoms with Crippen LogP contribution in [0.3, 0.4) is 0 Å². The highest BCUT2D eigenvalue weighted by atomic mass is 32.2. The minimum absolute atomic E-state index is 0.0972. The largest absolute Gasteiger partial charge is 0.355 e. The second kappa shape index (κ2) is 11.5. The van der Waals surface area contributed by atoms with E-state index in [1.165, 1.54) is 11.8 Å². The van der Waals surface area contributed by atoms with E-state index >= 15 is 0 Å². The molecule has 2 aliphatic heterocycles. The predicted octanol–water partition coefficient (Wildman–Crippen LogP) is 5.90. The van der Waals surface area contributed by atoms with E-state index in [4.69, 9.17) is 17.2 Å². The molecule has 0 aliphatic carbocycles. The SMILES string of the molecule is CCCCC(CC)CN1C(=O)C(=Cc2c(N3CC(C)CC(C)C3)nc3c(C)cccn3c2=O)SC1=S. The molecule has 0 aromatic carbocycles. The van der Waals surface area contributed by atoms with Gasteiger partial charge in [0.05, 0.1) is 10.5 Å². The lowest BCUT2D eigenvalue weighted by Gasteiger charge is -2.36. The fourth-order valence-electron chi connectivity index (χ4n) is 5.47. The minimum Gasteiger partial charge on any atom is -0.355 e. The molecule has 3 unspecified atom stereocenters. The Bertz CT molecular complexity index is 1230. The summed E-state index contributed by atoms with van der Waals surface area (Å²) >= 11 is 6.92. The molecule has 2 aromatic heterocycles. The Balaban J connectivity index is 1.76. The number of amides is 1.